The average molecular weight is 433 g/mol. The molecule has 0 bridgehead atoms. The second-order valence-corrected chi connectivity index (χ2v) is 7.85. The van der Waals surface area contributed by atoms with Gasteiger partial charge in [0.1, 0.15) is 5.56 Å². The van der Waals surface area contributed by atoms with Crippen LogP contribution in [0.2, 0.25) is 0 Å². The summed E-state index contributed by atoms with van der Waals surface area (Å²) in [7, 11) is 5.12. The minimum absolute atomic E-state index is 0.153. The van der Waals surface area contributed by atoms with E-state index in [1.165, 1.54) is 18.3 Å². The molecule has 3 aromatic rings. The number of carbonyl (C=O) groups is 1. The van der Waals surface area contributed by atoms with Gasteiger partial charge in [0, 0.05) is 46.3 Å². The standard InChI is InChI=1S/C24H22BF2N3O2/c1-3-15-7-4-8-20-21(15)22(31)17(13-28-20)23(32)29-19-10-9-16(12-18(19)24(25,26)27)30-11-5-6-14(30)2/h4,7-10,12-13H,2-3,5-6,11H2,1H3,(H,28,31)(H,29,32). The van der Waals surface area contributed by atoms with Crippen molar-refractivity contribution in [1.82, 2.24) is 4.98 Å². The molecule has 2 heterocycles. The number of aromatic amines is 1. The van der Waals surface area contributed by atoms with Crippen molar-refractivity contribution >= 4 is 36.0 Å². The number of alkyl halides is 2. The van der Waals surface area contributed by atoms with E-state index in [2.05, 4.69) is 16.9 Å². The summed E-state index contributed by atoms with van der Waals surface area (Å²) in [6.07, 6.45) is 3.58. The van der Waals surface area contributed by atoms with Crippen LogP contribution in [0.15, 0.2) is 59.7 Å². The van der Waals surface area contributed by atoms with Gasteiger partial charge in [0.2, 0.25) is 11.3 Å². The SMILES string of the molecule is [B]C(F)(F)c1cc(N2CCCC2=C)ccc1NC(=O)c1c[nH]c2cccc(CC)c2c1=O. The molecule has 5 nitrogen and oxygen atoms in total. The van der Waals surface area contributed by atoms with Gasteiger partial charge in [-0.05, 0) is 49.1 Å². The van der Waals surface area contributed by atoms with E-state index in [0.29, 0.717) is 29.6 Å². The summed E-state index contributed by atoms with van der Waals surface area (Å²) in [5.74, 6) is -4.48. The number of benzene rings is 2. The third-order valence-electron chi connectivity index (χ3n) is 5.77. The maximum atomic E-state index is 14.2. The summed E-state index contributed by atoms with van der Waals surface area (Å²) < 4.78 is 28.5. The highest BCUT2D eigenvalue weighted by molar-refractivity contribution is 6.15. The number of H-pyrrole nitrogens is 1. The molecule has 0 atom stereocenters. The van der Waals surface area contributed by atoms with Crippen molar-refractivity contribution < 1.29 is 13.6 Å². The molecule has 1 aliphatic rings. The molecule has 4 rings (SSSR count). The first kappa shape index (κ1) is 21.8. The van der Waals surface area contributed by atoms with Crippen molar-refractivity contribution in [3.8, 4) is 0 Å². The van der Waals surface area contributed by atoms with Gasteiger partial charge in [0.15, 0.2) is 7.85 Å². The highest BCUT2D eigenvalue weighted by atomic mass is 19.3. The molecule has 2 N–H and O–H groups in total. The second kappa shape index (κ2) is 8.26. The predicted octanol–water partition coefficient (Wildman–Crippen LogP) is 4.67. The molecule has 0 aliphatic carbocycles. The second-order valence-electron chi connectivity index (χ2n) is 7.85. The first-order valence-electron chi connectivity index (χ1n) is 10.4. The van der Waals surface area contributed by atoms with Crippen LogP contribution >= 0.6 is 0 Å². The molecule has 1 aromatic heterocycles. The Kier molecular flexibility index (Phi) is 5.63. The first-order valence-corrected chi connectivity index (χ1v) is 10.4. The molecule has 8 heteroatoms. The number of hydrogen-bond acceptors (Lipinski definition) is 3. The number of nitrogens with one attached hydrogen (secondary N) is 2. The molecule has 1 amide bonds. The number of pyridine rings is 1. The maximum absolute atomic E-state index is 14.2. The average Bonchev–Trinajstić information content (AvgIpc) is 3.18. The van der Waals surface area contributed by atoms with Crippen molar-refractivity contribution in [2.24, 2.45) is 0 Å². The number of aryl methyl sites for hydroxylation is 1. The molecule has 2 radical (unpaired) electrons. The van der Waals surface area contributed by atoms with Crippen LogP contribution in [0.4, 0.5) is 20.2 Å². The van der Waals surface area contributed by atoms with E-state index in [0.717, 1.165) is 24.1 Å². The minimum Gasteiger partial charge on any atom is -0.360 e. The highest BCUT2D eigenvalue weighted by Gasteiger charge is 2.30. The van der Waals surface area contributed by atoms with Gasteiger partial charge in [-0.2, -0.15) is 0 Å². The van der Waals surface area contributed by atoms with E-state index >= 15 is 0 Å². The summed E-state index contributed by atoms with van der Waals surface area (Å²) >= 11 is 0. The zero-order chi connectivity index (χ0) is 23.0. The lowest BCUT2D eigenvalue weighted by Crippen LogP contribution is -2.25. The Hall–Kier alpha value is -3.42. The molecule has 1 fully saturated rings. The van der Waals surface area contributed by atoms with E-state index < -0.39 is 22.7 Å². The lowest BCUT2D eigenvalue weighted by molar-refractivity contribution is 0.0945. The van der Waals surface area contributed by atoms with E-state index in [1.807, 2.05) is 24.0 Å². The van der Waals surface area contributed by atoms with Gasteiger partial charge in [-0.25, -0.2) is 8.78 Å². The number of halogens is 2. The van der Waals surface area contributed by atoms with Gasteiger partial charge in [-0.1, -0.05) is 25.6 Å². The molecule has 1 saturated heterocycles. The van der Waals surface area contributed by atoms with Crippen molar-refractivity contribution in [2.45, 2.75) is 32.0 Å². The topological polar surface area (TPSA) is 65.2 Å². The van der Waals surface area contributed by atoms with Gasteiger partial charge in [-0.3, -0.25) is 9.59 Å². The van der Waals surface area contributed by atoms with E-state index in [1.54, 1.807) is 12.1 Å². The van der Waals surface area contributed by atoms with Crippen LogP contribution in [0.25, 0.3) is 10.9 Å². The van der Waals surface area contributed by atoms with E-state index in [9.17, 15) is 18.4 Å². The lowest BCUT2D eigenvalue weighted by atomic mass is 9.89. The Bertz CT molecular complexity index is 1280. The minimum atomic E-state index is -3.69. The molecule has 2 aromatic carbocycles. The summed E-state index contributed by atoms with van der Waals surface area (Å²) in [5.41, 5.74) is 1.46. The molecule has 0 spiro atoms. The number of fused-ring (bicyclic) bond motifs is 1. The van der Waals surface area contributed by atoms with E-state index in [4.69, 9.17) is 7.85 Å². The van der Waals surface area contributed by atoms with Crippen LogP contribution in [0, 0.1) is 0 Å². The summed E-state index contributed by atoms with van der Waals surface area (Å²) in [5, 5.41) is 2.86. The van der Waals surface area contributed by atoms with Crippen LogP contribution < -0.4 is 15.6 Å². The number of anilines is 2. The van der Waals surface area contributed by atoms with Crippen LogP contribution in [-0.2, 0) is 12.2 Å². The molecule has 32 heavy (non-hydrogen) atoms. The smallest absolute Gasteiger partial charge is 0.261 e. The fourth-order valence-corrected chi connectivity index (χ4v) is 4.12. The summed E-state index contributed by atoms with van der Waals surface area (Å²) in [6.45, 7) is 6.55. The molecule has 0 unspecified atom stereocenters. The maximum Gasteiger partial charge on any atom is 0.261 e. The quantitative estimate of drug-likeness (QED) is 0.575. The third kappa shape index (κ3) is 3.93. The number of hydrogen-bond donors (Lipinski definition) is 2. The van der Waals surface area contributed by atoms with Crippen molar-refractivity contribution in [3.05, 3.63) is 81.8 Å². The number of aromatic nitrogens is 1. The Balaban J connectivity index is 1.72. The largest absolute Gasteiger partial charge is 0.360 e. The summed E-state index contributed by atoms with van der Waals surface area (Å²) in [6, 6.07) is 9.64. The van der Waals surface area contributed by atoms with Crippen LogP contribution in [0.3, 0.4) is 0 Å². The van der Waals surface area contributed by atoms with Gasteiger partial charge in [0.25, 0.3) is 5.91 Å². The summed E-state index contributed by atoms with van der Waals surface area (Å²) in [4.78, 5) is 30.7. The number of nitrogens with zero attached hydrogens (tertiary/aromatic N) is 1. The normalized spacial score (nSPS) is 14.2. The lowest BCUT2D eigenvalue weighted by Gasteiger charge is -2.24. The molecular formula is C24H22BF2N3O2. The van der Waals surface area contributed by atoms with Crippen LogP contribution in [0.1, 0.15) is 41.3 Å². The number of allylic oxidation sites excluding steroid dienone is 1. The fourth-order valence-electron chi connectivity index (χ4n) is 4.12. The van der Waals surface area contributed by atoms with Gasteiger partial charge >= 0.3 is 0 Å². The Morgan fingerprint density at radius 1 is 1.31 bits per heavy atom. The number of amides is 1. The van der Waals surface area contributed by atoms with Gasteiger partial charge in [-0.15, -0.1) is 0 Å². The Morgan fingerprint density at radius 2 is 2.09 bits per heavy atom. The fraction of sp³-hybridized carbons (Fsp3) is 0.250. The monoisotopic (exact) mass is 433 g/mol. The van der Waals surface area contributed by atoms with Crippen molar-refractivity contribution in [1.29, 1.82) is 0 Å². The highest BCUT2D eigenvalue weighted by Crippen LogP contribution is 2.36. The third-order valence-corrected chi connectivity index (χ3v) is 5.77. The van der Waals surface area contributed by atoms with E-state index in [-0.39, 0.29) is 11.3 Å². The van der Waals surface area contributed by atoms with Gasteiger partial charge < -0.3 is 15.2 Å². The Morgan fingerprint density at radius 3 is 2.75 bits per heavy atom. The van der Waals surface area contributed by atoms with Gasteiger partial charge in [0.05, 0.1) is 0 Å². The zero-order valence-electron chi connectivity index (χ0n) is 17.7. The first-order chi connectivity index (χ1) is 15.2. The number of carbonyl (C=O) groups excluding carboxylic acids is 1. The van der Waals surface area contributed by atoms with Crippen molar-refractivity contribution in [2.75, 3.05) is 16.8 Å². The predicted molar refractivity (Wildman–Crippen MR) is 124 cm³/mol. The number of rotatable bonds is 5. The Labute approximate surface area is 185 Å². The molecule has 162 valence electrons. The zero-order valence-corrected chi connectivity index (χ0v) is 17.7. The molecular weight excluding hydrogens is 411 g/mol. The van der Waals surface area contributed by atoms with Crippen molar-refractivity contribution in [3.63, 3.8) is 0 Å². The molecule has 1 aliphatic heterocycles. The molecule has 0 saturated carbocycles. The van der Waals surface area contributed by atoms with Crippen LogP contribution in [0.5, 0.6) is 0 Å². The van der Waals surface area contributed by atoms with Crippen LogP contribution in [-0.4, -0.2) is 25.3 Å².